The molecule has 0 bridgehead atoms. The smallest absolute Gasteiger partial charge is 0.290 e. The molecule has 1 aliphatic rings. The Hall–Kier alpha value is -3.51. The zero-order valence-electron chi connectivity index (χ0n) is 18.7. The normalized spacial score (nSPS) is 15.6. The molecular weight excluding hydrogens is 492 g/mol. The molecule has 5 aromatic rings. The van der Waals surface area contributed by atoms with Crippen molar-refractivity contribution >= 4 is 43.7 Å². The molecule has 0 radical (unpaired) electrons. The van der Waals surface area contributed by atoms with Crippen molar-refractivity contribution < 1.29 is 13.9 Å². The summed E-state index contributed by atoms with van der Waals surface area (Å²) < 4.78 is 12.6. The van der Waals surface area contributed by atoms with E-state index in [-0.39, 0.29) is 11.9 Å². The highest BCUT2D eigenvalue weighted by Crippen LogP contribution is 2.40. The third kappa shape index (κ3) is 3.49. The number of ether oxygens (including phenoxy) is 1. The van der Waals surface area contributed by atoms with Gasteiger partial charge in [0.25, 0.3) is 5.91 Å². The summed E-state index contributed by atoms with van der Waals surface area (Å²) >= 11 is 3.50. The number of hydrogen-bond donors (Lipinski definition) is 1. The predicted octanol–water partition coefficient (Wildman–Crippen LogP) is 6.86. The van der Waals surface area contributed by atoms with Gasteiger partial charge in [0.05, 0.1) is 12.6 Å². The van der Waals surface area contributed by atoms with E-state index in [1.165, 1.54) is 10.9 Å². The second-order valence-electron chi connectivity index (χ2n) is 8.51. The van der Waals surface area contributed by atoms with Crippen molar-refractivity contribution in [1.82, 2.24) is 9.88 Å². The minimum atomic E-state index is -0.251. The highest BCUT2D eigenvalue weighted by atomic mass is 79.9. The molecular formula is C28H23BrN2O3. The first-order valence-electron chi connectivity index (χ1n) is 11.4. The Morgan fingerprint density at radius 2 is 1.94 bits per heavy atom. The molecule has 34 heavy (non-hydrogen) atoms. The lowest BCUT2D eigenvalue weighted by Crippen LogP contribution is -2.40. The van der Waals surface area contributed by atoms with Crippen LogP contribution in [0.5, 0.6) is 5.75 Å². The lowest BCUT2D eigenvalue weighted by atomic mass is 9.92. The van der Waals surface area contributed by atoms with Gasteiger partial charge in [-0.15, -0.1) is 0 Å². The summed E-state index contributed by atoms with van der Waals surface area (Å²) in [6.45, 7) is 3.19. The maximum atomic E-state index is 13.8. The standard InChI is InChI=1S/C28H23BrN2O3/c1-2-33-20-10-7-17(8-11-20)27-26-22(21-5-3-4-6-23(21)30-26)13-14-31(27)28(32)25-16-18-15-19(29)9-12-24(18)34-25/h3-12,15-16,27,30H,2,13-14H2,1H3/t27-/m1/s1. The zero-order valence-corrected chi connectivity index (χ0v) is 20.3. The molecule has 1 atom stereocenters. The van der Waals surface area contributed by atoms with E-state index < -0.39 is 0 Å². The Labute approximate surface area is 205 Å². The van der Waals surface area contributed by atoms with Crippen LogP contribution in [0, 0.1) is 0 Å². The van der Waals surface area contributed by atoms with Crippen molar-refractivity contribution in [3.05, 3.63) is 99.9 Å². The summed E-state index contributed by atoms with van der Waals surface area (Å²) in [5, 5.41) is 2.12. The van der Waals surface area contributed by atoms with Gasteiger partial charge < -0.3 is 19.0 Å². The summed E-state index contributed by atoms with van der Waals surface area (Å²) in [5.41, 5.74) is 5.15. The number of carbonyl (C=O) groups is 1. The minimum absolute atomic E-state index is 0.115. The molecule has 0 saturated carbocycles. The fourth-order valence-electron chi connectivity index (χ4n) is 4.98. The van der Waals surface area contributed by atoms with Gasteiger partial charge in [-0.1, -0.05) is 46.3 Å². The molecule has 5 nitrogen and oxygen atoms in total. The van der Waals surface area contributed by atoms with Crippen LogP contribution in [-0.2, 0) is 6.42 Å². The number of nitrogens with one attached hydrogen (secondary N) is 1. The number of nitrogens with zero attached hydrogens (tertiary/aromatic N) is 1. The number of amides is 1. The van der Waals surface area contributed by atoms with E-state index in [2.05, 4.69) is 39.1 Å². The van der Waals surface area contributed by atoms with Gasteiger partial charge in [-0.25, -0.2) is 0 Å². The molecule has 0 aliphatic carbocycles. The van der Waals surface area contributed by atoms with Crippen molar-refractivity contribution in [2.45, 2.75) is 19.4 Å². The Balaban J connectivity index is 1.46. The number of H-pyrrole nitrogens is 1. The Morgan fingerprint density at radius 1 is 1.12 bits per heavy atom. The van der Waals surface area contributed by atoms with Crippen molar-refractivity contribution in [3.8, 4) is 5.75 Å². The van der Waals surface area contributed by atoms with Crippen molar-refractivity contribution in [2.75, 3.05) is 13.2 Å². The molecule has 0 spiro atoms. The van der Waals surface area contributed by atoms with Gasteiger partial charge in [-0.2, -0.15) is 0 Å². The van der Waals surface area contributed by atoms with Gasteiger partial charge >= 0.3 is 0 Å². The monoisotopic (exact) mass is 514 g/mol. The molecule has 1 N–H and O–H groups in total. The van der Waals surface area contributed by atoms with E-state index in [0.717, 1.165) is 38.8 Å². The number of carbonyl (C=O) groups excluding carboxylic acids is 1. The van der Waals surface area contributed by atoms with Gasteiger partial charge in [0.1, 0.15) is 11.3 Å². The van der Waals surface area contributed by atoms with Crippen LogP contribution in [0.1, 0.15) is 40.3 Å². The van der Waals surface area contributed by atoms with Crippen LogP contribution in [0.25, 0.3) is 21.9 Å². The number of aromatic nitrogens is 1. The molecule has 1 aliphatic heterocycles. The molecule has 3 heterocycles. The number of hydrogen-bond acceptors (Lipinski definition) is 3. The van der Waals surface area contributed by atoms with Crippen molar-refractivity contribution in [2.24, 2.45) is 0 Å². The highest BCUT2D eigenvalue weighted by Gasteiger charge is 2.36. The molecule has 2 aromatic heterocycles. The van der Waals surface area contributed by atoms with E-state index in [9.17, 15) is 4.79 Å². The van der Waals surface area contributed by atoms with Crippen LogP contribution in [0.15, 0.2) is 81.7 Å². The number of halogens is 1. The Morgan fingerprint density at radius 3 is 2.76 bits per heavy atom. The highest BCUT2D eigenvalue weighted by molar-refractivity contribution is 9.10. The molecule has 0 fully saturated rings. The first kappa shape index (κ1) is 21.1. The summed E-state index contributed by atoms with van der Waals surface area (Å²) in [6, 6.07) is 23.7. The maximum absolute atomic E-state index is 13.8. The summed E-state index contributed by atoms with van der Waals surface area (Å²) in [7, 11) is 0. The fourth-order valence-corrected chi connectivity index (χ4v) is 5.36. The van der Waals surface area contributed by atoms with Gasteiger partial charge in [0, 0.05) is 33.0 Å². The first-order chi connectivity index (χ1) is 16.6. The quantitative estimate of drug-likeness (QED) is 0.285. The van der Waals surface area contributed by atoms with Crippen LogP contribution >= 0.6 is 15.9 Å². The summed E-state index contributed by atoms with van der Waals surface area (Å²) in [4.78, 5) is 19.3. The summed E-state index contributed by atoms with van der Waals surface area (Å²) in [6.07, 6.45) is 0.782. The Bertz CT molecular complexity index is 1520. The Kier molecular flexibility index (Phi) is 5.18. The van der Waals surface area contributed by atoms with Gasteiger partial charge in [0.15, 0.2) is 5.76 Å². The number of furan rings is 1. The molecule has 1 amide bonds. The van der Waals surface area contributed by atoms with E-state index in [1.54, 1.807) is 0 Å². The molecule has 0 saturated heterocycles. The molecule has 6 rings (SSSR count). The first-order valence-corrected chi connectivity index (χ1v) is 12.2. The second kappa shape index (κ2) is 8.37. The molecule has 6 heteroatoms. The van der Waals surface area contributed by atoms with Crippen molar-refractivity contribution in [1.29, 1.82) is 0 Å². The zero-order chi connectivity index (χ0) is 23.2. The fraction of sp³-hybridized carbons (Fsp3) is 0.179. The topological polar surface area (TPSA) is 58.5 Å². The maximum Gasteiger partial charge on any atom is 0.290 e. The van der Waals surface area contributed by atoms with E-state index in [0.29, 0.717) is 24.5 Å². The lowest BCUT2D eigenvalue weighted by Gasteiger charge is -2.35. The average molecular weight is 515 g/mol. The third-order valence-electron chi connectivity index (χ3n) is 6.49. The average Bonchev–Trinajstić information content (AvgIpc) is 3.45. The largest absolute Gasteiger partial charge is 0.494 e. The van der Waals surface area contributed by atoms with E-state index >= 15 is 0 Å². The number of para-hydroxylation sites is 1. The van der Waals surface area contributed by atoms with E-state index in [1.807, 2.05) is 66.4 Å². The van der Waals surface area contributed by atoms with Crippen LogP contribution in [0.4, 0.5) is 0 Å². The number of rotatable bonds is 4. The molecule has 0 unspecified atom stereocenters. The summed E-state index contributed by atoms with van der Waals surface area (Å²) in [5.74, 6) is 1.05. The number of fused-ring (bicyclic) bond motifs is 4. The van der Waals surface area contributed by atoms with Crippen LogP contribution in [0.2, 0.25) is 0 Å². The lowest BCUT2D eigenvalue weighted by molar-refractivity contribution is 0.0661. The molecule has 170 valence electrons. The minimum Gasteiger partial charge on any atom is -0.494 e. The van der Waals surface area contributed by atoms with Gasteiger partial charge in [0.2, 0.25) is 0 Å². The number of aromatic amines is 1. The predicted molar refractivity (Wildman–Crippen MR) is 136 cm³/mol. The van der Waals surface area contributed by atoms with Crippen LogP contribution < -0.4 is 4.74 Å². The second-order valence-corrected chi connectivity index (χ2v) is 9.42. The van der Waals surface area contributed by atoms with Gasteiger partial charge in [-0.05, 0) is 66.9 Å². The van der Waals surface area contributed by atoms with Crippen LogP contribution in [0.3, 0.4) is 0 Å². The van der Waals surface area contributed by atoms with Crippen molar-refractivity contribution in [3.63, 3.8) is 0 Å². The third-order valence-corrected chi connectivity index (χ3v) is 6.98. The van der Waals surface area contributed by atoms with E-state index in [4.69, 9.17) is 9.15 Å². The van der Waals surface area contributed by atoms with Crippen LogP contribution in [-0.4, -0.2) is 28.9 Å². The molecule has 3 aromatic carbocycles. The van der Waals surface area contributed by atoms with Gasteiger partial charge in [-0.3, -0.25) is 4.79 Å². The SMILES string of the molecule is CCOc1ccc([C@@H]2c3[nH]c4ccccc4c3CCN2C(=O)c2cc3cc(Br)ccc3o2)cc1. The number of benzene rings is 3.